The molecule has 90 valence electrons. The molecule has 0 saturated carbocycles. The fourth-order valence-electron chi connectivity index (χ4n) is 1.28. The monoisotopic (exact) mass is 256 g/mol. The topological polar surface area (TPSA) is 63.0 Å². The zero-order valence-corrected chi connectivity index (χ0v) is 9.75. The Hall–Kier alpha value is -1.66. The van der Waals surface area contributed by atoms with Crippen molar-refractivity contribution in [3.05, 3.63) is 34.9 Å². The maximum Gasteiger partial charge on any atom is 0.320 e. The molecule has 0 aliphatic heterocycles. The molecule has 1 heterocycles. The molecular formula is C10H10ClFN4O. The molecule has 0 radical (unpaired) electrons. The highest BCUT2D eigenvalue weighted by molar-refractivity contribution is 6.30. The number of nitrogens with zero attached hydrogens (tertiary/aromatic N) is 2. The van der Waals surface area contributed by atoms with Gasteiger partial charge in [-0.1, -0.05) is 16.7 Å². The molecule has 0 unspecified atom stereocenters. The average Bonchev–Trinajstić information content (AvgIpc) is 2.64. The Kier molecular flexibility index (Phi) is 3.55. The number of rotatable bonds is 4. The molecule has 0 aliphatic carbocycles. The lowest BCUT2D eigenvalue weighted by Crippen LogP contribution is -2.04. The van der Waals surface area contributed by atoms with Crippen LogP contribution >= 0.6 is 11.6 Å². The van der Waals surface area contributed by atoms with Crippen LogP contribution in [0, 0.1) is 5.82 Å². The van der Waals surface area contributed by atoms with Crippen molar-refractivity contribution in [1.29, 1.82) is 0 Å². The number of nitrogens with one attached hydrogen (secondary N) is 2. The summed E-state index contributed by atoms with van der Waals surface area (Å²) in [7, 11) is 1.77. The molecule has 1 aromatic heterocycles. The van der Waals surface area contributed by atoms with Gasteiger partial charge in [0.25, 0.3) is 0 Å². The van der Waals surface area contributed by atoms with Crippen molar-refractivity contribution in [3.63, 3.8) is 0 Å². The number of aromatic nitrogens is 2. The number of hydrogen-bond donors (Lipinski definition) is 2. The summed E-state index contributed by atoms with van der Waals surface area (Å²) < 4.78 is 18.3. The molecule has 0 fully saturated rings. The molecule has 7 heteroatoms. The van der Waals surface area contributed by atoms with Crippen molar-refractivity contribution in [2.24, 2.45) is 0 Å². The van der Waals surface area contributed by atoms with E-state index in [1.54, 1.807) is 13.1 Å². The molecule has 2 aromatic rings. The van der Waals surface area contributed by atoms with E-state index in [4.69, 9.17) is 16.0 Å². The number of anilines is 2. The van der Waals surface area contributed by atoms with Crippen molar-refractivity contribution < 1.29 is 8.81 Å². The third-order valence-corrected chi connectivity index (χ3v) is 2.13. The lowest BCUT2D eigenvalue weighted by molar-refractivity contribution is 0.493. The van der Waals surface area contributed by atoms with Gasteiger partial charge in [0.1, 0.15) is 5.82 Å². The van der Waals surface area contributed by atoms with Crippen LogP contribution in [0.3, 0.4) is 0 Å². The summed E-state index contributed by atoms with van der Waals surface area (Å²) in [4.78, 5) is 0. The minimum absolute atomic E-state index is 0.192. The SMILES string of the molecule is CNCc1nnc(Nc2cc(F)cc(Cl)c2)o1. The number of halogens is 2. The summed E-state index contributed by atoms with van der Waals surface area (Å²) in [5.74, 6) is 0.00691. The first-order chi connectivity index (χ1) is 8.17. The minimum Gasteiger partial charge on any atom is -0.406 e. The fourth-order valence-corrected chi connectivity index (χ4v) is 1.50. The van der Waals surface area contributed by atoms with Gasteiger partial charge in [0.15, 0.2) is 0 Å². The van der Waals surface area contributed by atoms with Crippen LogP contribution in [0.5, 0.6) is 0 Å². The van der Waals surface area contributed by atoms with Crippen LogP contribution in [0.2, 0.25) is 5.02 Å². The lowest BCUT2D eigenvalue weighted by atomic mass is 10.3. The van der Waals surface area contributed by atoms with Crippen LogP contribution in [0.1, 0.15) is 5.89 Å². The van der Waals surface area contributed by atoms with Gasteiger partial charge in [-0.2, -0.15) is 0 Å². The highest BCUT2D eigenvalue weighted by Gasteiger charge is 2.06. The largest absolute Gasteiger partial charge is 0.406 e. The van der Waals surface area contributed by atoms with Crippen LogP contribution in [0.15, 0.2) is 22.6 Å². The van der Waals surface area contributed by atoms with E-state index >= 15 is 0 Å². The van der Waals surface area contributed by atoms with E-state index in [2.05, 4.69) is 20.8 Å². The summed E-state index contributed by atoms with van der Waals surface area (Å²) in [6, 6.07) is 4.25. The lowest BCUT2D eigenvalue weighted by Gasteiger charge is -2.01. The van der Waals surface area contributed by atoms with Crippen LogP contribution in [-0.4, -0.2) is 17.2 Å². The normalized spacial score (nSPS) is 10.5. The predicted octanol–water partition coefficient (Wildman–Crippen LogP) is 2.33. The van der Waals surface area contributed by atoms with Crippen molar-refractivity contribution in [1.82, 2.24) is 15.5 Å². The summed E-state index contributed by atoms with van der Waals surface area (Å²) in [6.45, 7) is 0.471. The van der Waals surface area contributed by atoms with E-state index in [0.717, 1.165) is 0 Å². The third kappa shape index (κ3) is 3.15. The second kappa shape index (κ2) is 5.11. The van der Waals surface area contributed by atoms with E-state index in [-0.39, 0.29) is 6.01 Å². The molecule has 2 rings (SSSR count). The van der Waals surface area contributed by atoms with Crippen molar-refractivity contribution in [2.75, 3.05) is 12.4 Å². The van der Waals surface area contributed by atoms with E-state index in [0.29, 0.717) is 23.1 Å². The molecule has 0 atom stereocenters. The Bertz CT molecular complexity index is 497. The van der Waals surface area contributed by atoms with E-state index in [1.807, 2.05) is 0 Å². The average molecular weight is 257 g/mol. The molecule has 0 spiro atoms. The third-order valence-electron chi connectivity index (χ3n) is 1.91. The number of benzene rings is 1. The van der Waals surface area contributed by atoms with E-state index in [1.165, 1.54) is 12.1 Å². The predicted molar refractivity (Wildman–Crippen MR) is 61.8 cm³/mol. The molecule has 0 amide bonds. The van der Waals surface area contributed by atoms with Gasteiger partial charge in [0.2, 0.25) is 5.89 Å². The minimum atomic E-state index is -0.435. The van der Waals surface area contributed by atoms with Gasteiger partial charge in [0, 0.05) is 10.7 Å². The Labute approximate surface area is 102 Å². The molecule has 2 N–H and O–H groups in total. The molecule has 0 bridgehead atoms. The Morgan fingerprint density at radius 1 is 1.35 bits per heavy atom. The van der Waals surface area contributed by atoms with Gasteiger partial charge in [-0.05, 0) is 25.2 Å². The van der Waals surface area contributed by atoms with Crippen molar-refractivity contribution in [3.8, 4) is 0 Å². The Morgan fingerprint density at radius 2 is 2.18 bits per heavy atom. The molecule has 17 heavy (non-hydrogen) atoms. The summed E-state index contributed by atoms with van der Waals surface area (Å²) in [5, 5.41) is 13.5. The van der Waals surface area contributed by atoms with Gasteiger partial charge in [0.05, 0.1) is 6.54 Å². The molecular weight excluding hydrogens is 247 g/mol. The standard InChI is InChI=1S/C10H10ClFN4O/c1-13-5-9-15-16-10(17-9)14-8-3-6(11)2-7(12)4-8/h2-4,13H,5H2,1H3,(H,14,16). The number of hydrogen-bond acceptors (Lipinski definition) is 5. The Balaban J connectivity index is 2.13. The fraction of sp³-hybridized carbons (Fsp3) is 0.200. The summed E-state index contributed by atoms with van der Waals surface area (Å²) in [5.41, 5.74) is 0.453. The quantitative estimate of drug-likeness (QED) is 0.879. The van der Waals surface area contributed by atoms with Gasteiger partial charge >= 0.3 is 6.01 Å². The van der Waals surface area contributed by atoms with E-state index in [9.17, 15) is 4.39 Å². The van der Waals surface area contributed by atoms with Gasteiger partial charge in [-0.3, -0.25) is 0 Å². The second-order valence-electron chi connectivity index (χ2n) is 3.31. The first kappa shape index (κ1) is 11.8. The first-order valence-electron chi connectivity index (χ1n) is 4.87. The summed E-state index contributed by atoms with van der Waals surface area (Å²) >= 11 is 5.71. The van der Waals surface area contributed by atoms with Gasteiger partial charge in [-0.25, -0.2) is 4.39 Å². The maximum atomic E-state index is 13.1. The van der Waals surface area contributed by atoms with Crippen molar-refractivity contribution in [2.45, 2.75) is 6.54 Å². The zero-order chi connectivity index (χ0) is 12.3. The van der Waals surface area contributed by atoms with Gasteiger partial charge < -0.3 is 15.1 Å². The molecule has 5 nitrogen and oxygen atoms in total. The zero-order valence-electron chi connectivity index (χ0n) is 9.00. The van der Waals surface area contributed by atoms with Crippen LogP contribution in [0.25, 0.3) is 0 Å². The van der Waals surface area contributed by atoms with Crippen LogP contribution in [-0.2, 0) is 6.54 Å². The van der Waals surface area contributed by atoms with Crippen LogP contribution in [0.4, 0.5) is 16.1 Å². The highest BCUT2D eigenvalue weighted by atomic mass is 35.5. The second-order valence-corrected chi connectivity index (χ2v) is 3.75. The molecule has 1 aromatic carbocycles. The van der Waals surface area contributed by atoms with E-state index < -0.39 is 5.82 Å². The molecule has 0 aliphatic rings. The smallest absolute Gasteiger partial charge is 0.320 e. The highest BCUT2D eigenvalue weighted by Crippen LogP contribution is 2.21. The maximum absolute atomic E-state index is 13.1. The summed E-state index contributed by atoms with van der Waals surface area (Å²) in [6.07, 6.45) is 0. The van der Waals surface area contributed by atoms with Crippen molar-refractivity contribution >= 4 is 23.3 Å². The Morgan fingerprint density at radius 3 is 2.88 bits per heavy atom. The van der Waals surface area contributed by atoms with Crippen LogP contribution < -0.4 is 10.6 Å². The van der Waals surface area contributed by atoms with Gasteiger partial charge in [-0.15, -0.1) is 5.10 Å². The first-order valence-corrected chi connectivity index (χ1v) is 5.25. The molecule has 0 saturated heterocycles.